The van der Waals surface area contributed by atoms with E-state index in [1.54, 1.807) is 6.08 Å². The fourth-order valence-corrected chi connectivity index (χ4v) is 10.6. The fraction of sp³-hybridized carbons (Fsp3) is 0.692. The van der Waals surface area contributed by atoms with Crippen molar-refractivity contribution in [2.45, 2.75) is 192 Å². The molecule has 9 aliphatic rings. The molecule has 6 saturated heterocycles. The number of aliphatic hydroxyl groups excluding tert-OH is 1. The number of carbonyl (C=O) groups is 3. The zero-order valence-electron chi connectivity index (χ0n) is 39.6. The van der Waals surface area contributed by atoms with Crippen LogP contribution in [0.25, 0.3) is 0 Å². The van der Waals surface area contributed by atoms with E-state index in [4.69, 9.17) is 38.0 Å². The van der Waals surface area contributed by atoms with Crippen LogP contribution < -0.4 is 0 Å². The van der Waals surface area contributed by atoms with Gasteiger partial charge in [-0.2, -0.15) is 9.59 Å². The minimum atomic E-state index is -0.290. The Bertz CT molecular complexity index is 1890. The molecule has 0 aromatic rings. The van der Waals surface area contributed by atoms with Crippen LogP contribution in [-0.2, 0) is 52.4 Å². The first kappa shape index (κ1) is 51.1. The Balaban J connectivity index is 0.000000170. The third kappa shape index (κ3) is 12.1. The second-order valence-electron chi connectivity index (χ2n) is 20.2. The molecule has 9 rings (SSSR count). The number of esters is 3. The van der Waals surface area contributed by atoms with E-state index in [0.29, 0.717) is 23.0 Å². The Labute approximate surface area is 380 Å². The van der Waals surface area contributed by atoms with Gasteiger partial charge in [0, 0.05) is 28.9 Å². The molecule has 12 nitrogen and oxygen atoms in total. The van der Waals surface area contributed by atoms with Crippen LogP contribution in [0, 0.1) is 29.6 Å². The molecule has 6 fully saturated rings. The summed E-state index contributed by atoms with van der Waals surface area (Å²) in [5.74, 6) is 0.560. The van der Waals surface area contributed by atoms with Crippen LogP contribution in [0.15, 0.2) is 71.9 Å². The van der Waals surface area contributed by atoms with Gasteiger partial charge >= 0.3 is 24.1 Å². The molecule has 6 heterocycles. The highest BCUT2D eigenvalue weighted by atomic mass is 16.7. The minimum absolute atomic E-state index is 0.00442. The van der Waals surface area contributed by atoms with E-state index in [9.17, 15) is 19.5 Å². The van der Waals surface area contributed by atoms with E-state index in [1.165, 1.54) is 11.1 Å². The third-order valence-corrected chi connectivity index (χ3v) is 14.7. The second-order valence-corrected chi connectivity index (χ2v) is 20.2. The van der Waals surface area contributed by atoms with Gasteiger partial charge in [-0.15, -0.1) is 6.58 Å². The lowest BCUT2D eigenvalue weighted by molar-refractivity contribution is -0.191. The van der Waals surface area contributed by atoms with Gasteiger partial charge < -0.3 is 33.5 Å². The number of hydrogen-bond acceptors (Lipinski definition) is 12. The van der Waals surface area contributed by atoms with Crippen molar-refractivity contribution < 1.29 is 57.5 Å². The number of hydrogen-bond donors (Lipinski definition) is 1. The van der Waals surface area contributed by atoms with Crippen LogP contribution in [0.1, 0.15) is 139 Å². The van der Waals surface area contributed by atoms with Gasteiger partial charge in [-0.1, -0.05) is 62.5 Å². The first-order valence-electron chi connectivity index (χ1n) is 23.5. The summed E-state index contributed by atoms with van der Waals surface area (Å²) < 4.78 is 34.3. The number of rotatable bonds is 3. The van der Waals surface area contributed by atoms with Crippen molar-refractivity contribution in [3.63, 3.8) is 0 Å². The van der Waals surface area contributed by atoms with Crippen molar-refractivity contribution in [2.75, 3.05) is 6.61 Å². The monoisotopic (exact) mass is 891 g/mol. The zero-order valence-corrected chi connectivity index (χ0v) is 39.6. The fourth-order valence-electron chi connectivity index (χ4n) is 10.6. The standard InChI is InChI=1S/C18H28O3.C15H20O4.C15H20O3.C3H6.CO2/c1-11(2)10-14-13-8-7-12(3)6-5-9-18(4)16(21-18)15(13)20-17(14)19;1-9-11-6-5-10(8-16)4-3-7-15(2)13(19-15)12(11)18-14(9)17;1-9-5-4-8-15(3)13(18-15)12-11(7-6-9)10(2)14(16)17-12;1-3-2;2-1-3/h6,11,13-16H,5,7-10H2,1-4H3;4,11-13,16H,1,3,5-8H2,2H3;5,11-13H,2,4,6-8H2,1,3H3;3H,1H2,2H3;/b12-6+;10-4-;9-5+;;/t13-,14-,15-,16-,18+;2*11-,12-,13-,15+;;/m000../s1. The van der Waals surface area contributed by atoms with Gasteiger partial charge in [0.1, 0.15) is 36.6 Å². The molecule has 0 aromatic carbocycles. The van der Waals surface area contributed by atoms with Gasteiger partial charge in [0.25, 0.3) is 0 Å². The van der Waals surface area contributed by atoms with Crippen molar-refractivity contribution in [1.29, 1.82) is 0 Å². The third-order valence-electron chi connectivity index (χ3n) is 14.7. The topological polar surface area (TPSA) is 171 Å². The summed E-state index contributed by atoms with van der Waals surface area (Å²) in [6.07, 6.45) is 21.2. The van der Waals surface area contributed by atoms with Crippen LogP contribution in [0.3, 0.4) is 0 Å². The van der Waals surface area contributed by atoms with Gasteiger partial charge in [-0.25, -0.2) is 9.59 Å². The number of carbonyl (C=O) groups excluding carboxylic acids is 5. The molecule has 354 valence electrons. The summed E-state index contributed by atoms with van der Waals surface area (Å²) in [4.78, 5) is 52.0. The van der Waals surface area contributed by atoms with Gasteiger partial charge in [0.05, 0.1) is 29.3 Å². The lowest BCUT2D eigenvalue weighted by Gasteiger charge is -2.23. The predicted octanol–water partition coefficient (Wildman–Crippen LogP) is 8.97. The number of ether oxygens (including phenoxy) is 6. The molecule has 0 unspecified atom stereocenters. The summed E-state index contributed by atoms with van der Waals surface area (Å²) in [7, 11) is 0. The van der Waals surface area contributed by atoms with Crippen molar-refractivity contribution in [3.05, 3.63) is 71.9 Å². The van der Waals surface area contributed by atoms with E-state index < -0.39 is 0 Å². The number of allylic oxidation sites excluding steroid dienone is 6. The van der Waals surface area contributed by atoms with Crippen molar-refractivity contribution in [2.24, 2.45) is 29.6 Å². The molecule has 64 heavy (non-hydrogen) atoms. The van der Waals surface area contributed by atoms with Gasteiger partial charge in [-0.3, -0.25) is 4.79 Å². The zero-order chi connectivity index (χ0) is 47.1. The summed E-state index contributed by atoms with van der Waals surface area (Å²) >= 11 is 0. The number of fused-ring (bicyclic) bond motifs is 9. The largest absolute Gasteiger partial charge is 0.459 e. The molecule has 1 N–H and O–H groups in total. The maximum Gasteiger partial charge on any atom is 0.373 e. The Kier molecular flexibility index (Phi) is 17.2. The maximum atomic E-state index is 12.3. The van der Waals surface area contributed by atoms with Crippen LogP contribution in [0.4, 0.5) is 0 Å². The molecule has 0 spiro atoms. The lowest BCUT2D eigenvalue weighted by Crippen LogP contribution is -2.30. The van der Waals surface area contributed by atoms with Crippen molar-refractivity contribution in [1.82, 2.24) is 0 Å². The summed E-state index contributed by atoms with van der Waals surface area (Å²) in [5, 5.41) is 9.35. The Morgan fingerprint density at radius 3 is 1.56 bits per heavy atom. The van der Waals surface area contributed by atoms with Gasteiger partial charge in [-0.05, 0) is 137 Å². The minimum Gasteiger partial charge on any atom is -0.459 e. The highest BCUT2D eigenvalue weighted by Gasteiger charge is 2.64. The van der Waals surface area contributed by atoms with E-state index >= 15 is 0 Å². The first-order chi connectivity index (χ1) is 30.3. The Morgan fingerprint density at radius 1 is 0.719 bits per heavy atom. The SMILES string of the molecule is C/C1=C\CC[C@@]2(C)O[C@H]2[C@H]2OC(=O)[C@@H](CC(C)C)[C@@H]2CC1.C=C1C(=O)O[C@H]2[C@H]1CC/C(C)=C/CC[C@@]1(C)O[C@@H]21.C=C1C(=O)O[C@H]2[C@H]1CC/C(CO)=C/CC[C@@]1(C)O[C@@H]21.C=CC.O=C=O. The molecule has 13 atom stereocenters. The normalized spacial score (nSPS) is 41.6. The highest BCUT2D eigenvalue weighted by molar-refractivity contribution is 5.91. The number of aliphatic hydroxyl groups is 1. The van der Waals surface area contributed by atoms with Crippen LogP contribution in [0.2, 0.25) is 0 Å². The first-order valence-corrected chi connectivity index (χ1v) is 23.5. The van der Waals surface area contributed by atoms with Crippen molar-refractivity contribution in [3.8, 4) is 0 Å². The molecule has 0 aromatic heterocycles. The highest BCUT2D eigenvalue weighted by Crippen LogP contribution is 2.53. The molecule has 0 amide bonds. The predicted molar refractivity (Wildman–Crippen MR) is 240 cm³/mol. The van der Waals surface area contributed by atoms with E-state index in [2.05, 4.69) is 86.4 Å². The van der Waals surface area contributed by atoms with E-state index in [0.717, 1.165) is 89.0 Å². The summed E-state index contributed by atoms with van der Waals surface area (Å²) in [5.41, 5.74) is 4.68. The van der Waals surface area contributed by atoms with E-state index in [-0.39, 0.29) is 102 Å². The lowest BCUT2D eigenvalue weighted by atomic mass is 9.78. The molecular weight excluding hydrogens is 817 g/mol. The molecule has 12 heteroatoms. The average molecular weight is 891 g/mol. The Hall–Kier alpha value is -3.93. The molecule has 3 aliphatic carbocycles. The molecule has 0 radical (unpaired) electrons. The average Bonchev–Trinajstić information content (AvgIpc) is 4.15. The molecule has 0 bridgehead atoms. The second kappa shape index (κ2) is 21.6. The van der Waals surface area contributed by atoms with Crippen LogP contribution in [0.5, 0.6) is 0 Å². The smallest absolute Gasteiger partial charge is 0.373 e. The quantitative estimate of drug-likeness (QED) is 0.0940. The van der Waals surface area contributed by atoms with Crippen LogP contribution in [-0.4, -0.2) is 89.2 Å². The molecule has 0 saturated carbocycles. The van der Waals surface area contributed by atoms with Gasteiger partial charge in [0.2, 0.25) is 0 Å². The summed E-state index contributed by atoms with van der Waals surface area (Å²) in [6.45, 7) is 28.2. The Morgan fingerprint density at radius 2 is 1.12 bits per heavy atom. The molecular formula is C52H74O12. The summed E-state index contributed by atoms with van der Waals surface area (Å²) in [6, 6.07) is 0. The van der Waals surface area contributed by atoms with Gasteiger partial charge in [0.15, 0.2) is 0 Å². The van der Waals surface area contributed by atoms with Crippen LogP contribution >= 0.6 is 0 Å². The maximum absolute atomic E-state index is 12.3. The molecule has 6 aliphatic heterocycles. The van der Waals surface area contributed by atoms with E-state index in [1.807, 2.05) is 6.92 Å². The van der Waals surface area contributed by atoms with Crippen molar-refractivity contribution >= 4 is 24.1 Å². The number of epoxide rings is 3.